The minimum Gasteiger partial charge on any atom is -0.256 e. The van der Waals surface area contributed by atoms with Crippen molar-refractivity contribution in [3.63, 3.8) is 0 Å². The number of aromatic nitrogens is 4. The second-order valence-corrected chi connectivity index (χ2v) is 11.6. The summed E-state index contributed by atoms with van der Waals surface area (Å²) in [5.74, 6) is 1.94. The van der Waals surface area contributed by atoms with Gasteiger partial charge in [0.2, 0.25) is 0 Å². The van der Waals surface area contributed by atoms with Gasteiger partial charge in [-0.1, -0.05) is 121 Å². The number of hydrogen-bond acceptors (Lipinski definition) is 4. The molecule has 2 aromatic heterocycles. The van der Waals surface area contributed by atoms with Gasteiger partial charge in [-0.3, -0.25) is 4.98 Å². The predicted molar refractivity (Wildman–Crippen MR) is 189 cm³/mol. The van der Waals surface area contributed by atoms with Crippen LogP contribution in [-0.2, 0) is 0 Å². The molecule has 0 N–H and O–H groups in total. The van der Waals surface area contributed by atoms with Gasteiger partial charge in [0, 0.05) is 28.3 Å². The van der Waals surface area contributed by atoms with Gasteiger partial charge >= 0.3 is 0 Å². The van der Waals surface area contributed by atoms with Crippen molar-refractivity contribution in [1.29, 1.82) is 0 Å². The summed E-state index contributed by atoms with van der Waals surface area (Å²) < 4.78 is 0. The van der Waals surface area contributed by atoms with Gasteiger partial charge in [0.15, 0.2) is 17.5 Å². The average Bonchev–Trinajstić information content (AvgIpc) is 3.13. The number of pyridine rings is 1. The Morgan fingerprint density at radius 2 is 0.826 bits per heavy atom. The minimum absolute atomic E-state index is 0.642. The highest BCUT2D eigenvalue weighted by molar-refractivity contribution is 6.00. The van der Waals surface area contributed by atoms with E-state index in [-0.39, 0.29) is 0 Å². The van der Waals surface area contributed by atoms with E-state index >= 15 is 0 Å². The van der Waals surface area contributed by atoms with Crippen LogP contribution < -0.4 is 0 Å². The summed E-state index contributed by atoms with van der Waals surface area (Å²) in [6.45, 7) is 0. The second-order valence-electron chi connectivity index (χ2n) is 11.6. The molecule has 0 aliphatic rings. The Hall–Kier alpha value is -6.26. The van der Waals surface area contributed by atoms with Crippen molar-refractivity contribution in [2.24, 2.45) is 0 Å². The third-order valence-electron chi connectivity index (χ3n) is 8.71. The zero-order chi connectivity index (χ0) is 30.5. The van der Waals surface area contributed by atoms with Crippen LogP contribution in [0.2, 0.25) is 0 Å². The quantitative estimate of drug-likeness (QED) is 0.206. The molecule has 0 saturated heterocycles. The summed E-state index contributed by atoms with van der Waals surface area (Å²) in [6.07, 6.45) is 1.84. The molecular formula is C42H26N4. The SMILES string of the molecule is c1ccc2cc(-c3nc(-c4ccc5ccccc5c4)nc(-c4ccc5c(-c6ccc7cccnc7c6)cccc5c4)n3)ccc2c1. The zero-order valence-corrected chi connectivity index (χ0v) is 24.8. The molecule has 2 heterocycles. The van der Waals surface area contributed by atoms with Gasteiger partial charge in [-0.05, 0) is 73.8 Å². The van der Waals surface area contributed by atoms with Gasteiger partial charge in [0.05, 0.1) is 5.52 Å². The Labute approximate surface area is 265 Å². The summed E-state index contributed by atoms with van der Waals surface area (Å²) in [5.41, 5.74) is 6.15. The average molecular weight is 587 g/mol. The van der Waals surface area contributed by atoms with Crippen molar-refractivity contribution < 1.29 is 0 Å². The zero-order valence-electron chi connectivity index (χ0n) is 24.8. The van der Waals surface area contributed by atoms with Crippen LogP contribution in [0, 0.1) is 0 Å². The van der Waals surface area contributed by atoms with Crippen LogP contribution in [0.15, 0.2) is 158 Å². The summed E-state index contributed by atoms with van der Waals surface area (Å²) in [6, 6.07) is 52.9. The maximum absolute atomic E-state index is 5.06. The first-order chi connectivity index (χ1) is 22.7. The highest BCUT2D eigenvalue weighted by Crippen LogP contribution is 2.34. The van der Waals surface area contributed by atoms with Crippen molar-refractivity contribution in [1.82, 2.24) is 19.9 Å². The molecule has 0 bridgehead atoms. The van der Waals surface area contributed by atoms with Gasteiger partial charge in [-0.25, -0.2) is 15.0 Å². The van der Waals surface area contributed by atoms with Crippen LogP contribution in [0.25, 0.3) is 88.5 Å². The monoisotopic (exact) mass is 586 g/mol. The number of fused-ring (bicyclic) bond motifs is 4. The molecule has 0 saturated carbocycles. The Morgan fingerprint density at radius 1 is 0.326 bits per heavy atom. The van der Waals surface area contributed by atoms with E-state index in [1.165, 1.54) is 21.7 Å². The van der Waals surface area contributed by atoms with Gasteiger partial charge in [0.1, 0.15) is 0 Å². The first-order valence-corrected chi connectivity index (χ1v) is 15.4. The lowest BCUT2D eigenvalue weighted by Crippen LogP contribution is -2.00. The molecule has 0 radical (unpaired) electrons. The van der Waals surface area contributed by atoms with E-state index in [1.54, 1.807) is 0 Å². The maximum Gasteiger partial charge on any atom is 0.164 e. The van der Waals surface area contributed by atoms with Crippen LogP contribution in [0.1, 0.15) is 0 Å². The lowest BCUT2D eigenvalue weighted by atomic mass is 9.96. The van der Waals surface area contributed by atoms with Crippen molar-refractivity contribution in [2.75, 3.05) is 0 Å². The lowest BCUT2D eigenvalue weighted by molar-refractivity contribution is 1.08. The molecular weight excluding hydrogens is 560 g/mol. The normalized spacial score (nSPS) is 11.5. The molecule has 0 atom stereocenters. The molecule has 214 valence electrons. The van der Waals surface area contributed by atoms with Gasteiger partial charge in [-0.2, -0.15) is 0 Å². The minimum atomic E-state index is 0.642. The fraction of sp³-hybridized carbons (Fsp3) is 0. The standard InChI is InChI=1S/C42H26N4/c1-3-9-30-23-34(18-14-27(30)7-1)40-44-41(35-19-15-28-8-2-4-10-31(28)24-35)46-42(45-40)36-20-21-38-32(25-36)11-5-13-37(38)33-17-16-29-12-6-22-43-39(29)26-33/h1-26H. The number of benzene rings is 7. The largest absolute Gasteiger partial charge is 0.256 e. The number of hydrogen-bond donors (Lipinski definition) is 0. The number of rotatable bonds is 4. The Bertz CT molecular complexity index is 2510. The Balaban J connectivity index is 1.20. The molecule has 0 amide bonds. The summed E-state index contributed by atoms with van der Waals surface area (Å²) in [7, 11) is 0. The lowest BCUT2D eigenvalue weighted by Gasteiger charge is -2.12. The van der Waals surface area contributed by atoms with E-state index in [0.29, 0.717) is 17.5 Å². The number of nitrogens with zero attached hydrogens (tertiary/aromatic N) is 4. The van der Waals surface area contributed by atoms with Gasteiger partial charge in [0.25, 0.3) is 0 Å². The first-order valence-electron chi connectivity index (χ1n) is 15.4. The summed E-state index contributed by atoms with van der Waals surface area (Å²) in [5, 5.41) is 8.09. The fourth-order valence-corrected chi connectivity index (χ4v) is 6.33. The molecule has 46 heavy (non-hydrogen) atoms. The molecule has 7 aromatic carbocycles. The van der Waals surface area contributed by atoms with Crippen molar-refractivity contribution in [2.45, 2.75) is 0 Å². The van der Waals surface area contributed by atoms with Gasteiger partial charge < -0.3 is 0 Å². The molecule has 4 nitrogen and oxygen atoms in total. The van der Waals surface area contributed by atoms with Crippen LogP contribution in [-0.4, -0.2) is 19.9 Å². The maximum atomic E-state index is 5.06. The molecule has 0 spiro atoms. The van der Waals surface area contributed by atoms with Crippen molar-refractivity contribution in [3.8, 4) is 45.3 Å². The highest BCUT2D eigenvalue weighted by Gasteiger charge is 2.15. The summed E-state index contributed by atoms with van der Waals surface area (Å²) in [4.78, 5) is 19.7. The topological polar surface area (TPSA) is 51.6 Å². The molecule has 0 aliphatic carbocycles. The van der Waals surface area contributed by atoms with Crippen molar-refractivity contribution in [3.05, 3.63) is 158 Å². The molecule has 9 aromatic rings. The van der Waals surface area contributed by atoms with Crippen LogP contribution in [0.4, 0.5) is 0 Å². The third kappa shape index (κ3) is 4.64. The molecule has 4 heteroatoms. The Morgan fingerprint density at radius 3 is 1.48 bits per heavy atom. The van der Waals surface area contributed by atoms with Crippen LogP contribution in [0.5, 0.6) is 0 Å². The molecule has 0 unspecified atom stereocenters. The Kier molecular flexibility index (Phi) is 6.10. The smallest absolute Gasteiger partial charge is 0.164 e. The predicted octanol–water partition coefficient (Wildman–Crippen LogP) is 10.5. The van der Waals surface area contributed by atoms with Crippen LogP contribution >= 0.6 is 0 Å². The van der Waals surface area contributed by atoms with E-state index in [0.717, 1.165) is 49.3 Å². The van der Waals surface area contributed by atoms with E-state index in [4.69, 9.17) is 15.0 Å². The molecule has 9 rings (SSSR count). The summed E-state index contributed by atoms with van der Waals surface area (Å²) >= 11 is 0. The highest BCUT2D eigenvalue weighted by atomic mass is 15.0. The molecule has 0 aliphatic heterocycles. The first kappa shape index (κ1) is 26.2. The van der Waals surface area contributed by atoms with E-state index in [9.17, 15) is 0 Å². The fourth-order valence-electron chi connectivity index (χ4n) is 6.33. The molecule has 0 fully saturated rings. The van der Waals surface area contributed by atoms with Crippen molar-refractivity contribution >= 4 is 43.2 Å². The van der Waals surface area contributed by atoms with E-state index < -0.39 is 0 Å². The van der Waals surface area contributed by atoms with Crippen LogP contribution in [0.3, 0.4) is 0 Å². The second kappa shape index (κ2) is 10.7. The van der Waals surface area contributed by atoms with E-state index in [2.05, 4.69) is 151 Å². The van der Waals surface area contributed by atoms with E-state index in [1.807, 2.05) is 12.3 Å². The van der Waals surface area contributed by atoms with Gasteiger partial charge in [-0.15, -0.1) is 0 Å². The third-order valence-corrected chi connectivity index (χ3v) is 8.71.